The van der Waals surface area contributed by atoms with E-state index in [0.29, 0.717) is 0 Å². The molecule has 0 fully saturated rings. The predicted octanol–water partition coefficient (Wildman–Crippen LogP) is 1.94. The van der Waals surface area contributed by atoms with Crippen LogP contribution < -0.4 is 10.1 Å². The maximum absolute atomic E-state index is 11.2. The number of amides is 1. The fraction of sp³-hybridized carbons (Fsp3) is 0.364. The van der Waals surface area contributed by atoms with Crippen molar-refractivity contribution in [1.82, 2.24) is 0 Å². The van der Waals surface area contributed by atoms with E-state index in [2.05, 4.69) is 11.4 Å². The molecule has 3 heteroatoms. The third kappa shape index (κ3) is 1.25. The molecule has 1 aromatic carbocycles. The Balaban J connectivity index is 2.63. The van der Waals surface area contributed by atoms with E-state index in [4.69, 9.17) is 4.74 Å². The van der Waals surface area contributed by atoms with Gasteiger partial charge in [0.05, 0.1) is 5.69 Å². The van der Waals surface area contributed by atoms with Crippen molar-refractivity contribution in [2.45, 2.75) is 20.8 Å². The molecule has 1 aliphatic heterocycles. The van der Waals surface area contributed by atoms with Crippen molar-refractivity contribution in [3.05, 3.63) is 22.8 Å². The number of ether oxygens (including phenoxy) is 1. The van der Waals surface area contributed by atoms with Gasteiger partial charge in [0.25, 0.3) is 5.91 Å². The highest BCUT2D eigenvalue weighted by molar-refractivity contribution is 5.96. The van der Waals surface area contributed by atoms with Crippen LogP contribution >= 0.6 is 0 Å². The topological polar surface area (TPSA) is 38.3 Å². The molecule has 0 bridgehead atoms. The van der Waals surface area contributed by atoms with E-state index in [1.165, 1.54) is 5.56 Å². The lowest BCUT2D eigenvalue weighted by molar-refractivity contribution is -0.118. The number of carbonyl (C=O) groups is 1. The second kappa shape index (κ2) is 3.01. The first-order valence-corrected chi connectivity index (χ1v) is 4.63. The van der Waals surface area contributed by atoms with Crippen molar-refractivity contribution in [2.75, 3.05) is 11.9 Å². The molecule has 2 rings (SSSR count). The minimum absolute atomic E-state index is 0.0781. The summed E-state index contributed by atoms with van der Waals surface area (Å²) in [7, 11) is 0. The standard InChI is InChI=1S/C11H13NO2/c1-6-4-7(2)11-10(8(6)3)12-9(13)5-14-11/h4H,5H2,1-3H3,(H,12,13). The Labute approximate surface area is 83.1 Å². The normalized spacial score (nSPS) is 14.4. The predicted molar refractivity (Wildman–Crippen MR) is 54.8 cm³/mol. The van der Waals surface area contributed by atoms with Gasteiger partial charge < -0.3 is 10.1 Å². The number of anilines is 1. The van der Waals surface area contributed by atoms with E-state index in [1.807, 2.05) is 20.8 Å². The summed E-state index contributed by atoms with van der Waals surface area (Å²) >= 11 is 0. The van der Waals surface area contributed by atoms with Crippen LogP contribution in [0.15, 0.2) is 6.07 Å². The molecule has 0 aliphatic carbocycles. The highest BCUT2D eigenvalue weighted by Crippen LogP contribution is 2.36. The SMILES string of the molecule is Cc1cc(C)c2c(c1C)NC(=O)CO2. The monoisotopic (exact) mass is 191 g/mol. The van der Waals surface area contributed by atoms with Crippen LogP contribution in [0.5, 0.6) is 5.75 Å². The van der Waals surface area contributed by atoms with Crippen LogP contribution in [0, 0.1) is 20.8 Å². The van der Waals surface area contributed by atoms with Crippen LogP contribution in [0.4, 0.5) is 5.69 Å². The lowest BCUT2D eigenvalue weighted by Gasteiger charge is -2.22. The van der Waals surface area contributed by atoms with E-state index in [0.717, 1.165) is 22.6 Å². The van der Waals surface area contributed by atoms with Gasteiger partial charge in [-0.3, -0.25) is 4.79 Å². The molecule has 0 atom stereocenters. The Morgan fingerprint density at radius 3 is 2.71 bits per heavy atom. The van der Waals surface area contributed by atoms with Gasteiger partial charge >= 0.3 is 0 Å². The molecule has 3 nitrogen and oxygen atoms in total. The van der Waals surface area contributed by atoms with E-state index in [9.17, 15) is 4.79 Å². The molecule has 0 saturated carbocycles. The lowest BCUT2D eigenvalue weighted by Crippen LogP contribution is -2.26. The van der Waals surface area contributed by atoms with Gasteiger partial charge in [0.2, 0.25) is 0 Å². The number of rotatable bonds is 0. The van der Waals surface area contributed by atoms with Gasteiger partial charge in [-0.05, 0) is 37.5 Å². The van der Waals surface area contributed by atoms with E-state index in [1.54, 1.807) is 0 Å². The molecule has 1 aliphatic rings. The minimum atomic E-state index is -0.0781. The quantitative estimate of drug-likeness (QED) is 0.680. The van der Waals surface area contributed by atoms with Crippen LogP contribution in [0.1, 0.15) is 16.7 Å². The summed E-state index contributed by atoms with van der Waals surface area (Å²) in [6.45, 7) is 6.13. The van der Waals surface area contributed by atoms with Crippen molar-refractivity contribution in [1.29, 1.82) is 0 Å². The molecule has 14 heavy (non-hydrogen) atoms. The zero-order valence-electron chi connectivity index (χ0n) is 8.60. The molecule has 1 heterocycles. The zero-order chi connectivity index (χ0) is 10.3. The van der Waals surface area contributed by atoms with Crippen LogP contribution in [-0.2, 0) is 4.79 Å². The van der Waals surface area contributed by atoms with Gasteiger partial charge in [0.15, 0.2) is 6.61 Å². The third-order valence-electron chi connectivity index (χ3n) is 2.60. The Morgan fingerprint density at radius 2 is 2.00 bits per heavy atom. The summed E-state index contributed by atoms with van der Waals surface area (Å²) < 4.78 is 5.39. The molecule has 1 amide bonds. The maximum atomic E-state index is 11.2. The van der Waals surface area contributed by atoms with Gasteiger partial charge in [0, 0.05) is 0 Å². The lowest BCUT2D eigenvalue weighted by atomic mass is 10.0. The Morgan fingerprint density at radius 1 is 1.29 bits per heavy atom. The first kappa shape index (κ1) is 9.06. The molecule has 0 radical (unpaired) electrons. The Hall–Kier alpha value is -1.51. The van der Waals surface area contributed by atoms with Gasteiger partial charge in [-0.1, -0.05) is 6.07 Å². The first-order valence-electron chi connectivity index (χ1n) is 4.63. The molecule has 0 saturated heterocycles. The number of hydrogen-bond donors (Lipinski definition) is 1. The molecule has 1 aromatic rings. The van der Waals surface area contributed by atoms with Crippen LogP contribution in [0.2, 0.25) is 0 Å². The summed E-state index contributed by atoms with van der Waals surface area (Å²) in [4.78, 5) is 11.2. The summed E-state index contributed by atoms with van der Waals surface area (Å²) in [5, 5.41) is 2.85. The highest BCUT2D eigenvalue weighted by atomic mass is 16.5. The van der Waals surface area contributed by atoms with Crippen LogP contribution in [0.3, 0.4) is 0 Å². The van der Waals surface area contributed by atoms with Crippen molar-refractivity contribution in [3.63, 3.8) is 0 Å². The summed E-state index contributed by atoms with van der Waals surface area (Å²) in [6.07, 6.45) is 0. The second-order valence-corrected chi connectivity index (χ2v) is 3.68. The smallest absolute Gasteiger partial charge is 0.262 e. The molecule has 0 spiro atoms. The molecule has 0 unspecified atom stereocenters. The number of aryl methyl sites for hydroxylation is 2. The number of carbonyl (C=O) groups excluding carboxylic acids is 1. The van der Waals surface area contributed by atoms with E-state index < -0.39 is 0 Å². The summed E-state index contributed by atoms with van der Waals surface area (Å²) in [5.41, 5.74) is 4.16. The van der Waals surface area contributed by atoms with E-state index in [-0.39, 0.29) is 12.5 Å². The summed E-state index contributed by atoms with van der Waals surface area (Å²) in [6, 6.07) is 2.08. The number of benzene rings is 1. The number of nitrogens with one attached hydrogen (secondary N) is 1. The van der Waals surface area contributed by atoms with Crippen LogP contribution in [-0.4, -0.2) is 12.5 Å². The fourth-order valence-electron chi connectivity index (χ4n) is 1.71. The molecule has 74 valence electrons. The van der Waals surface area contributed by atoms with E-state index >= 15 is 0 Å². The third-order valence-corrected chi connectivity index (χ3v) is 2.60. The molecule has 0 aromatic heterocycles. The Bertz CT molecular complexity index is 410. The first-order chi connectivity index (χ1) is 6.59. The molecular formula is C11H13NO2. The van der Waals surface area contributed by atoms with Gasteiger partial charge in [0.1, 0.15) is 5.75 Å². The molecule has 1 N–H and O–H groups in total. The highest BCUT2D eigenvalue weighted by Gasteiger charge is 2.20. The van der Waals surface area contributed by atoms with Crippen molar-refractivity contribution in [3.8, 4) is 5.75 Å². The molecular weight excluding hydrogens is 178 g/mol. The zero-order valence-corrected chi connectivity index (χ0v) is 8.60. The Kier molecular flexibility index (Phi) is 1.95. The van der Waals surface area contributed by atoms with Crippen molar-refractivity contribution < 1.29 is 9.53 Å². The second-order valence-electron chi connectivity index (χ2n) is 3.68. The van der Waals surface area contributed by atoms with Crippen molar-refractivity contribution in [2.24, 2.45) is 0 Å². The average molecular weight is 191 g/mol. The van der Waals surface area contributed by atoms with Gasteiger partial charge in [-0.15, -0.1) is 0 Å². The average Bonchev–Trinajstić information content (AvgIpc) is 2.14. The van der Waals surface area contributed by atoms with Crippen LogP contribution in [0.25, 0.3) is 0 Å². The number of fused-ring (bicyclic) bond motifs is 1. The maximum Gasteiger partial charge on any atom is 0.262 e. The minimum Gasteiger partial charge on any atom is -0.481 e. The fourth-order valence-corrected chi connectivity index (χ4v) is 1.71. The van der Waals surface area contributed by atoms with Gasteiger partial charge in [-0.25, -0.2) is 0 Å². The largest absolute Gasteiger partial charge is 0.481 e. The summed E-state index contributed by atoms with van der Waals surface area (Å²) in [5.74, 6) is 0.735. The van der Waals surface area contributed by atoms with Crippen molar-refractivity contribution >= 4 is 11.6 Å². The van der Waals surface area contributed by atoms with Gasteiger partial charge in [-0.2, -0.15) is 0 Å². The number of hydrogen-bond acceptors (Lipinski definition) is 2.